The fraction of sp³-hybridized carbons (Fsp3) is 0.600. The van der Waals surface area contributed by atoms with Crippen molar-refractivity contribution in [2.75, 3.05) is 13.1 Å². The molecule has 2 heterocycles. The van der Waals surface area contributed by atoms with Crippen LogP contribution in [-0.2, 0) is 4.79 Å². The number of amides is 1. The molecule has 1 unspecified atom stereocenters. The summed E-state index contributed by atoms with van der Waals surface area (Å²) in [4.78, 5) is 13.5. The van der Waals surface area contributed by atoms with E-state index in [1.807, 2.05) is 6.08 Å². The van der Waals surface area contributed by atoms with Crippen molar-refractivity contribution in [3.8, 4) is 6.07 Å². The van der Waals surface area contributed by atoms with E-state index in [4.69, 9.17) is 5.26 Å². The molecule has 1 fully saturated rings. The molecule has 0 aliphatic carbocycles. The lowest BCUT2D eigenvalue weighted by Gasteiger charge is -2.23. The highest BCUT2D eigenvalue weighted by molar-refractivity contribution is 5.83. The van der Waals surface area contributed by atoms with E-state index in [9.17, 15) is 4.79 Å². The van der Waals surface area contributed by atoms with E-state index < -0.39 is 0 Å². The maximum absolute atomic E-state index is 11.9. The van der Waals surface area contributed by atoms with Gasteiger partial charge in [0.2, 0.25) is 5.91 Å². The van der Waals surface area contributed by atoms with E-state index in [0.29, 0.717) is 6.54 Å². The predicted octanol–water partition coefficient (Wildman–Crippen LogP) is 0.0290. The third kappa shape index (κ3) is 1.51. The lowest BCUT2D eigenvalue weighted by Crippen LogP contribution is -2.45. The number of carbonyl (C=O) groups is 1. The number of hydrogen-bond acceptors (Lipinski definition) is 3. The zero-order valence-corrected chi connectivity index (χ0v) is 7.94. The normalized spacial score (nSPS) is 30.6. The smallest absolute Gasteiger partial charge is 0.241 e. The number of nitrogens with one attached hydrogen (secondary N) is 1. The van der Waals surface area contributed by atoms with Crippen molar-refractivity contribution in [3.63, 3.8) is 0 Å². The number of carbonyl (C=O) groups excluding carboxylic acids is 1. The van der Waals surface area contributed by atoms with Crippen LogP contribution in [0.1, 0.15) is 12.8 Å². The first-order chi connectivity index (χ1) is 6.83. The summed E-state index contributed by atoms with van der Waals surface area (Å²) >= 11 is 0. The maximum atomic E-state index is 11.9. The topological polar surface area (TPSA) is 56.1 Å². The second-order valence-electron chi connectivity index (χ2n) is 3.64. The van der Waals surface area contributed by atoms with E-state index >= 15 is 0 Å². The van der Waals surface area contributed by atoms with E-state index in [1.165, 1.54) is 0 Å². The van der Waals surface area contributed by atoms with Crippen molar-refractivity contribution in [1.29, 1.82) is 5.26 Å². The van der Waals surface area contributed by atoms with Crippen LogP contribution in [0.4, 0.5) is 0 Å². The monoisotopic (exact) mass is 191 g/mol. The minimum absolute atomic E-state index is 0.0641. The van der Waals surface area contributed by atoms with Gasteiger partial charge in [-0.15, -0.1) is 0 Å². The molecule has 0 radical (unpaired) electrons. The van der Waals surface area contributed by atoms with Crippen LogP contribution in [0.15, 0.2) is 12.2 Å². The largest absolute Gasteiger partial charge is 0.318 e. The molecule has 1 N–H and O–H groups in total. The van der Waals surface area contributed by atoms with Crippen LogP contribution in [0.5, 0.6) is 0 Å². The Hall–Kier alpha value is -1.34. The maximum Gasteiger partial charge on any atom is 0.241 e. The highest BCUT2D eigenvalue weighted by Gasteiger charge is 2.31. The minimum Gasteiger partial charge on any atom is -0.318 e. The Morgan fingerprint density at radius 2 is 2.50 bits per heavy atom. The average Bonchev–Trinajstić information content (AvgIpc) is 2.87. The summed E-state index contributed by atoms with van der Waals surface area (Å²) in [5.74, 6) is 0.0686. The second-order valence-corrected chi connectivity index (χ2v) is 3.64. The van der Waals surface area contributed by atoms with Crippen LogP contribution in [0, 0.1) is 11.3 Å². The summed E-state index contributed by atoms with van der Waals surface area (Å²) in [6.45, 7) is 1.49. The molecule has 14 heavy (non-hydrogen) atoms. The van der Waals surface area contributed by atoms with Gasteiger partial charge in [-0.25, -0.2) is 0 Å². The van der Waals surface area contributed by atoms with Gasteiger partial charge in [-0.1, -0.05) is 6.08 Å². The first kappa shape index (κ1) is 9.22. The molecule has 2 atom stereocenters. The Balaban J connectivity index is 2.01. The molecule has 1 amide bonds. The molecule has 2 aliphatic rings. The predicted molar refractivity (Wildman–Crippen MR) is 51.3 cm³/mol. The Labute approximate surface area is 83.2 Å². The fourth-order valence-corrected chi connectivity index (χ4v) is 1.96. The number of nitrogens with zero attached hydrogens (tertiary/aromatic N) is 2. The molecule has 0 aromatic rings. The van der Waals surface area contributed by atoms with Gasteiger partial charge < -0.3 is 10.2 Å². The molecule has 2 rings (SSSR count). The van der Waals surface area contributed by atoms with Gasteiger partial charge in [-0.3, -0.25) is 4.79 Å². The van der Waals surface area contributed by atoms with Crippen molar-refractivity contribution in [2.45, 2.75) is 24.9 Å². The van der Waals surface area contributed by atoms with Crippen LogP contribution in [0.25, 0.3) is 0 Å². The minimum atomic E-state index is -0.357. The fourth-order valence-electron chi connectivity index (χ4n) is 1.96. The molecule has 4 heteroatoms. The molecule has 4 nitrogen and oxygen atoms in total. The number of rotatable bonds is 1. The standard InChI is InChI=1S/C10H13N3O/c11-7-8-3-2-6-13(8)10(14)9-4-1-5-12-9/h2-3,8-9,12H,1,4-6H2/t8-,9?/m0/s1. The van der Waals surface area contributed by atoms with E-state index in [0.717, 1.165) is 19.4 Å². The van der Waals surface area contributed by atoms with Crippen LogP contribution in [-0.4, -0.2) is 36.0 Å². The molecular formula is C10H13N3O. The van der Waals surface area contributed by atoms with Crippen molar-refractivity contribution < 1.29 is 4.79 Å². The molecule has 0 aromatic heterocycles. The van der Waals surface area contributed by atoms with E-state index in [2.05, 4.69) is 11.4 Å². The van der Waals surface area contributed by atoms with Crippen LogP contribution in [0.3, 0.4) is 0 Å². The van der Waals surface area contributed by atoms with Gasteiger partial charge in [0.25, 0.3) is 0 Å². The summed E-state index contributed by atoms with van der Waals surface area (Å²) in [6.07, 6.45) is 5.61. The molecule has 74 valence electrons. The third-order valence-electron chi connectivity index (χ3n) is 2.73. The Morgan fingerprint density at radius 3 is 3.14 bits per heavy atom. The van der Waals surface area contributed by atoms with Crippen molar-refractivity contribution in [1.82, 2.24) is 10.2 Å². The quantitative estimate of drug-likeness (QED) is 0.595. The van der Waals surface area contributed by atoms with Crippen LogP contribution >= 0.6 is 0 Å². The van der Waals surface area contributed by atoms with Gasteiger partial charge in [0.15, 0.2) is 0 Å². The van der Waals surface area contributed by atoms with Gasteiger partial charge in [0.1, 0.15) is 6.04 Å². The van der Waals surface area contributed by atoms with Gasteiger partial charge in [0, 0.05) is 6.54 Å². The number of nitriles is 1. The molecule has 0 saturated carbocycles. The van der Waals surface area contributed by atoms with Gasteiger partial charge in [-0.2, -0.15) is 5.26 Å². The van der Waals surface area contributed by atoms with Crippen molar-refractivity contribution in [3.05, 3.63) is 12.2 Å². The third-order valence-corrected chi connectivity index (χ3v) is 2.73. The molecule has 2 aliphatic heterocycles. The second kappa shape index (κ2) is 3.81. The summed E-state index contributed by atoms with van der Waals surface area (Å²) in [5.41, 5.74) is 0. The molecule has 0 spiro atoms. The zero-order chi connectivity index (χ0) is 9.97. The van der Waals surface area contributed by atoms with Crippen LogP contribution in [0.2, 0.25) is 0 Å². The molecule has 0 bridgehead atoms. The van der Waals surface area contributed by atoms with Crippen molar-refractivity contribution in [2.24, 2.45) is 0 Å². The lowest BCUT2D eigenvalue weighted by molar-refractivity contribution is -0.132. The average molecular weight is 191 g/mol. The summed E-state index contributed by atoms with van der Waals surface area (Å²) in [6, 6.07) is 1.69. The Bertz CT molecular complexity index is 299. The highest BCUT2D eigenvalue weighted by Crippen LogP contribution is 2.14. The molecular weight excluding hydrogens is 178 g/mol. The van der Waals surface area contributed by atoms with Gasteiger partial charge >= 0.3 is 0 Å². The van der Waals surface area contributed by atoms with E-state index in [-0.39, 0.29) is 18.0 Å². The summed E-state index contributed by atoms with van der Waals surface area (Å²) in [5, 5.41) is 12.0. The lowest BCUT2D eigenvalue weighted by atomic mass is 10.2. The summed E-state index contributed by atoms with van der Waals surface area (Å²) < 4.78 is 0. The summed E-state index contributed by atoms with van der Waals surface area (Å²) in [7, 11) is 0. The Kier molecular flexibility index (Phi) is 2.51. The first-order valence-electron chi connectivity index (χ1n) is 4.93. The Morgan fingerprint density at radius 1 is 1.64 bits per heavy atom. The van der Waals surface area contributed by atoms with E-state index in [1.54, 1.807) is 11.0 Å². The highest BCUT2D eigenvalue weighted by atomic mass is 16.2. The van der Waals surface area contributed by atoms with Crippen LogP contribution < -0.4 is 5.32 Å². The molecule has 0 aromatic carbocycles. The first-order valence-corrected chi connectivity index (χ1v) is 4.93. The van der Waals surface area contributed by atoms with Crippen molar-refractivity contribution >= 4 is 5.91 Å². The SMILES string of the molecule is N#C[C@@H]1C=CCN1C(=O)C1CCCN1. The van der Waals surface area contributed by atoms with Gasteiger partial charge in [-0.05, 0) is 25.5 Å². The van der Waals surface area contributed by atoms with Gasteiger partial charge in [0.05, 0.1) is 12.1 Å². The number of hydrogen-bond donors (Lipinski definition) is 1. The zero-order valence-electron chi connectivity index (χ0n) is 7.94. The molecule has 1 saturated heterocycles.